The number of carbonyl (C=O) groups excluding carboxylic acids is 3. The summed E-state index contributed by atoms with van der Waals surface area (Å²) in [6.07, 6.45) is 1.67. The van der Waals surface area contributed by atoms with Gasteiger partial charge in [-0.2, -0.15) is 0 Å². The maximum absolute atomic E-state index is 12.8. The molecule has 0 unspecified atom stereocenters. The second-order valence-corrected chi connectivity index (χ2v) is 6.46. The lowest BCUT2D eigenvalue weighted by Gasteiger charge is -2.11. The summed E-state index contributed by atoms with van der Waals surface area (Å²) in [6.45, 7) is 1.69. The first-order valence-electron chi connectivity index (χ1n) is 8.09. The van der Waals surface area contributed by atoms with Crippen molar-refractivity contribution in [2.24, 2.45) is 0 Å². The van der Waals surface area contributed by atoms with Gasteiger partial charge in [0.25, 0.3) is 0 Å². The SMILES string of the molecule is CCOC(=O)C(=O)Nc1cc(C(=O)c2cc3cccnc3s2)ccc1OC. The Kier molecular flexibility index (Phi) is 5.46. The number of ether oxygens (including phenoxy) is 2. The number of nitrogens with zero attached hydrogens (tertiary/aromatic N) is 1. The summed E-state index contributed by atoms with van der Waals surface area (Å²) in [7, 11) is 1.43. The van der Waals surface area contributed by atoms with Gasteiger partial charge in [0, 0.05) is 17.1 Å². The molecule has 0 bridgehead atoms. The highest BCUT2D eigenvalue weighted by atomic mass is 32.1. The van der Waals surface area contributed by atoms with E-state index in [4.69, 9.17) is 4.74 Å². The van der Waals surface area contributed by atoms with E-state index in [0.29, 0.717) is 16.2 Å². The van der Waals surface area contributed by atoms with Crippen molar-refractivity contribution < 1.29 is 23.9 Å². The lowest BCUT2D eigenvalue weighted by atomic mass is 10.1. The Labute approximate surface area is 158 Å². The van der Waals surface area contributed by atoms with Gasteiger partial charge in [-0.25, -0.2) is 9.78 Å². The summed E-state index contributed by atoms with van der Waals surface area (Å²) >= 11 is 1.29. The van der Waals surface area contributed by atoms with E-state index >= 15 is 0 Å². The minimum atomic E-state index is -1.01. The molecule has 0 aliphatic carbocycles. The highest BCUT2D eigenvalue weighted by molar-refractivity contribution is 7.20. The number of ketones is 1. The third-order valence-electron chi connectivity index (χ3n) is 3.69. The van der Waals surface area contributed by atoms with Crippen molar-refractivity contribution in [3.63, 3.8) is 0 Å². The number of hydrogen-bond acceptors (Lipinski definition) is 7. The van der Waals surface area contributed by atoms with Crippen LogP contribution < -0.4 is 10.1 Å². The molecular weight excluding hydrogens is 368 g/mol. The number of anilines is 1. The number of nitrogens with one attached hydrogen (secondary N) is 1. The van der Waals surface area contributed by atoms with Crippen molar-refractivity contribution in [3.05, 3.63) is 53.0 Å². The predicted octanol–water partition coefficient (Wildman–Crippen LogP) is 3.04. The van der Waals surface area contributed by atoms with Gasteiger partial charge in [0.05, 0.1) is 24.3 Å². The van der Waals surface area contributed by atoms with Gasteiger partial charge in [-0.1, -0.05) is 6.07 Å². The van der Waals surface area contributed by atoms with Gasteiger partial charge in [-0.3, -0.25) is 9.59 Å². The quantitative estimate of drug-likeness (QED) is 0.413. The van der Waals surface area contributed by atoms with E-state index < -0.39 is 11.9 Å². The average molecular weight is 384 g/mol. The molecule has 1 amide bonds. The summed E-state index contributed by atoms with van der Waals surface area (Å²) < 4.78 is 9.85. The minimum absolute atomic E-state index is 0.0852. The molecule has 8 heteroatoms. The molecule has 7 nitrogen and oxygen atoms in total. The van der Waals surface area contributed by atoms with Crippen LogP contribution >= 0.6 is 11.3 Å². The number of carbonyl (C=O) groups is 3. The molecule has 0 atom stereocenters. The molecule has 138 valence electrons. The zero-order chi connectivity index (χ0) is 19.4. The lowest BCUT2D eigenvalue weighted by molar-refractivity contribution is -0.152. The van der Waals surface area contributed by atoms with Gasteiger partial charge in [-0.05, 0) is 37.3 Å². The molecule has 0 aliphatic heterocycles. The Balaban J connectivity index is 1.90. The molecule has 0 saturated heterocycles. The fraction of sp³-hybridized carbons (Fsp3) is 0.158. The molecule has 2 heterocycles. The van der Waals surface area contributed by atoms with Crippen molar-refractivity contribution in [2.45, 2.75) is 6.92 Å². The summed E-state index contributed by atoms with van der Waals surface area (Å²) in [5, 5.41) is 3.30. The summed E-state index contributed by atoms with van der Waals surface area (Å²) in [4.78, 5) is 41.8. The second kappa shape index (κ2) is 7.96. The Morgan fingerprint density at radius 2 is 2.00 bits per heavy atom. The number of esters is 1. The highest BCUT2D eigenvalue weighted by Crippen LogP contribution is 2.29. The smallest absolute Gasteiger partial charge is 0.397 e. The predicted molar refractivity (Wildman–Crippen MR) is 101 cm³/mol. The first kappa shape index (κ1) is 18.5. The molecule has 0 radical (unpaired) electrons. The number of hydrogen-bond donors (Lipinski definition) is 1. The number of fused-ring (bicyclic) bond motifs is 1. The molecule has 0 aliphatic rings. The number of thiophene rings is 1. The van der Waals surface area contributed by atoms with E-state index in [-0.39, 0.29) is 18.1 Å². The van der Waals surface area contributed by atoms with Crippen LogP contribution in [0.15, 0.2) is 42.6 Å². The van der Waals surface area contributed by atoms with Crippen LogP contribution in [0, 0.1) is 0 Å². The molecule has 2 aromatic heterocycles. The summed E-state index contributed by atoms with van der Waals surface area (Å²) in [5.41, 5.74) is 0.558. The van der Waals surface area contributed by atoms with Crippen LogP contribution in [0.1, 0.15) is 22.2 Å². The molecule has 1 aromatic carbocycles. The Morgan fingerprint density at radius 3 is 2.70 bits per heavy atom. The van der Waals surface area contributed by atoms with Crippen LogP contribution in [0.5, 0.6) is 5.75 Å². The van der Waals surface area contributed by atoms with Crippen LogP contribution in [-0.4, -0.2) is 36.4 Å². The van der Waals surface area contributed by atoms with E-state index in [2.05, 4.69) is 15.0 Å². The fourth-order valence-corrected chi connectivity index (χ4v) is 3.41. The first-order valence-corrected chi connectivity index (χ1v) is 8.90. The number of pyridine rings is 1. The second-order valence-electron chi connectivity index (χ2n) is 5.43. The van der Waals surface area contributed by atoms with E-state index in [1.54, 1.807) is 37.4 Å². The van der Waals surface area contributed by atoms with Crippen LogP contribution in [0.2, 0.25) is 0 Å². The molecule has 1 N–H and O–H groups in total. The maximum Gasteiger partial charge on any atom is 0.397 e. The van der Waals surface area contributed by atoms with Gasteiger partial charge < -0.3 is 14.8 Å². The van der Waals surface area contributed by atoms with Crippen molar-refractivity contribution in [1.29, 1.82) is 0 Å². The Hall–Kier alpha value is -3.26. The van der Waals surface area contributed by atoms with Gasteiger partial charge in [0.1, 0.15) is 10.6 Å². The number of amides is 1. The zero-order valence-electron chi connectivity index (χ0n) is 14.6. The Bertz CT molecular complexity index is 995. The first-order chi connectivity index (χ1) is 13.0. The molecule has 3 aromatic rings. The third-order valence-corrected chi connectivity index (χ3v) is 4.75. The van der Waals surface area contributed by atoms with E-state index in [1.165, 1.54) is 24.5 Å². The normalized spacial score (nSPS) is 10.4. The van der Waals surface area contributed by atoms with Crippen LogP contribution in [0.3, 0.4) is 0 Å². The number of methoxy groups -OCH3 is 1. The molecule has 0 saturated carbocycles. The molecule has 0 fully saturated rings. The number of rotatable bonds is 5. The standard InChI is InChI=1S/C19H16N2O5S/c1-3-26-19(24)17(23)21-13-9-11(6-7-14(13)25-2)16(22)15-10-12-5-4-8-20-18(12)27-15/h4-10H,3H2,1-2H3,(H,21,23). The van der Waals surface area contributed by atoms with Crippen LogP contribution in [0.25, 0.3) is 10.2 Å². The summed E-state index contributed by atoms with van der Waals surface area (Å²) in [5.74, 6) is -1.84. The van der Waals surface area contributed by atoms with Crippen molar-refractivity contribution >= 4 is 44.9 Å². The van der Waals surface area contributed by atoms with Crippen LogP contribution in [-0.2, 0) is 14.3 Å². The maximum atomic E-state index is 12.8. The molecule has 0 spiro atoms. The lowest BCUT2D eigenvalue weighted by Crippen LogP contribution is -2.25. The van der Waals surface area contributed by atoms with Gasteiger partial charge in [0.2, 0.25) is 5.78 Å². The van der Waals surface area contributed by atoms with E-state index in [9.17, 15) is 14.4 Å². The molecule has 27 heavy (non-hydrogen) atoms. The van der Waals surface area contributed by atoms with Gasteiger partial charge in [0.15, 0.2) is 0 Å². The number of aromatic nitrogens is 1. The Morgan fingerprint density at radius 1 is 1.19 bits per heavy atom. The van der Waals surface area contributed by atoms with Crippen molar-refractivity contribution in [1.82, 2.24) is 4.98 Å². The van der Waals surface area contributed by atoms with E-state index in [0.717, 1.165) is 10.2 Å². The molecular formula is C19H16N2O5S. The van der Waals surface area contributed by atoms with Crippen molar-refractivity contribution in [2.75, 3.05) is 19.0 Å². The molecule has 3 rings (SSSR count). The average Bonchev–Trinajstić information content (AvgIpc) is 3.11. The van der Waals surface area contributed by atoms with Gasteiger partial charge >= 0.3 is 11.9 Å². The fourth-order valence-electron chi connectivity index (χ4n) is 2.44. The highest BCUT2D eigenvalue weighted by Gasteiger charge is 2.19. The van der Waals surface area contributed by atoms with Crippen molar-refractivity contribution in [3.8, 4) is 5.75 Å². The monoisotopic (exact) mass is 384 g/mol. The van der Waals surface area contributed by atoms with Crippen LogP contribution in [0.4, 0.5) is 5.69 Å². The minimum Gasteiger partial charge on any atom is -0.495 e. The number of benzene rings is 1. The largest absolute Gasteiger partial charge is 0.495 e. The zero-order valence-corrected chi connectivity index (χ0v) is 15.5. The van der Waals surface area contributed by atoms with E-state index in [1.807, 2.05) is 6.07 Å². The summed E-state index contributed by atoms with van der Waals surface area (Å²) in [6, 6.07) is 10.1. The third kappa shape index (κ3) is 3.95. The van der Waals surface area contributed by atoms with Gasteiger partial charge in [-0.15, -0.1) is 11.3 Å². The topological polar surface area (TPSA) is 94.6 Å².